The second-order valence-corrected chi connectivity index (χ2v) is 9.92. The van der Waals surface area contributed by atoms with Crippen LogP contribution >= 0.6 is 46.6 Å². The quantitative estimate of drug-likeness (QED) is 0.133. The number of hydrazone groups is 1. The number of halogens is 3. The van der Waals surface area contributed by atoms with Crippen LogP contribution in [0.5, 0.6) is 5.75 Å². The molecule has 0 unspecified atom stereocenters. The fourth-order valence-electron chi connectivity index (χ4n) is 3.33. The molecule has 0 spiro atoms. The lowest BCUT2D eigenvalue weighted by molar-refractivity contribution is -0.118. The van der Waals surface area contributed by atoms with E-state index >= 15 is 0 Å². The Morgan fingerprint density at radius 2 is 1.73 bits per heavy atom. The van der Waals surface area contributed by atoms with Crippen molar-refractivity contribution >= 4 is 58.2 Å². The lowest BCUT2D eigenvalue weighted by atomic mass is 10.1. The highest BCUT2D eigenvalue weighted by Gasteiger charge is 2.17. The predicted octanol–water partition coefficient (Wildman–Crippen LogP) is 6.93. The molecule has 37 heavy (non-hydrogen) atoms. The third-order valence-corrected chi connectivity index (χ3v) is 7.08. The average molecular weight is 575 g/mol. The van der Waals surface area contributed by atoms with Gasteiger partial charge in [0.2, 0.25) is 0 Å². The van der Waals surface area contributed by atoms with Gasteiger partial charge in [-0.05, 0) is 80.1 Å². The maximum atomic E-state index is 12.6. The molecule has 0 aliphatic heterocycles. The predicted molar refractivity (Wildman–Crippen MR) is 151 cm³/mol. The van der Waals surface area contributed by atoms with Gasteiger partial charge in [0.05, 0.1) is 28.1 Å². The van der Waals surface area contributed by atoms with Crippen molar-refractivity contribution in [3.8, 4) is 22.8 Å². The van der Waals surface area contributed by atoms with Crippen molar-refractivity contribution in [1.82, 2.24) is 20.2 Å². The van der Waals surface area contributed by atoms with Crippen molar-refractivity contribution in [2.24, 2.45) is 5.10 Å². The molecular formula is C26H22Cl3N5O2S. The number of rotatable bonds is 9. The van der Waals surface area contributed by atoms with Gasteiger partial charge in [-0.2, -0.15) is 5.10 Å². The second-order valence-electron chi connectivity index (χ2n) is 7.73. The Morgan fingerprint density at radius 3 is 2.41 bits per heavy atom. The van der Waals surface area contributed by atoms with E-state index in [-0.39, 0.29) is 11.7 Å². The van der Waals surface area contributed by atoms with Gasteiger partial charge < -0.3 is 4.74 Å². The van der Waals surface area contributed by atoms with Gasteiger partial charge in [0.1, 0.15) is 5.75 Å². The molecule has 0 aliphatic carbocycles. The van der Waals surface area contributed by atoms with Crippen molar-refractivity contribution in [2.75, 3.05) is 12.4 Å². The van der Waals surface area contributed by atoms with Crippen LogP contribution in [-0.4, -0.2) is 38.7 Å². The van der Waals surface area contributed by atoms with Gasteiger partial charge in [-0.3, -0.25) is 9.36 Å². The summed E-state index contributed by atoms with van der Waals surface area (Å²) in [7, 11) is 0. The summed E-state index contributed by atoms with van der Waals surface area (Å²) in [5.74, 6) is 1.17. The van der Waals surface area contributed by atoms with E-state index in [1.54, 1.807) is 37.3 Å². The molecule has 0 atom stereocenters. The molecule has 4 rings (SSSR count). The monoisotopic (exact) mass is 573 g/mol. The fourth-order valence-corrected chi connectivity index (χ4v) is 4.50. The Balaban J connectivity index is 1.53. The summed E-state index contributed by atoms with van der Waals surface area (Å²) in [4.78, 5) is 12.6. The first-order chi connectivity index (χ1) is 17.9. The standard InChI is InChI=1S/C26H22Cl3N5O2S/c1-3-36-21-11-9-20(10-12-21)34-25(17-4-7-19(27)8-5-17)32-33-26(34)37-15-24(35)31-30-16(2)18-6-13-22(28)23(29)14-18/h4-14H,3,15H2,1-2H3,(H,31,35)/b30-16+. The van der Waals surface area contributed by atoms with Crippen LogP contribution in [0.15, 0.2) is 77.0 Å². The van der Waals surface area contributed by atoms with E-state index in [1.807, 2.05) is 47.9 Å². The van der Waals surface area contributed by atoms with Crippen molar-refractivity contribution < 1.29 is 9.53 Å². The zero-order valence-corrected chi connectivity index (χ0v) is 23.0. The highest BCUT2D eigenvalue weighted by molar-refractivity contribution is 7.99. The Morgan fingerprint density at radius 1 is 1.00 bits per heavy atom. The summed E-state index contributed by atoms with van der Waals surface area (Å²) in [6.07, 6.45) is 0. The molecule has 1 amide bonds. The van der Waals surface area contributed by atoms with E-state index in [1.165, 1.54) is 11.8 Å². The number of thioether (sulfide) groups is 1. The molecule has 190 valence electrons. The molecule has 0 radical (unpaired) electrons. The van der Waals surface area contributed by atoms with Crippen LogP contribution < -0.4 is 10.2 Å². The minimum atomic E-state index is -0.293. The van der Waals surface area contributed by atoms with Crippen LogP contribution in [0.3, 0.4) is 0 Å². The van der Waals surface area contributed by atoms with Gasteiger partial charge in [0.15, 0.2) is 11.0 Å². The molecule has 0 aliphatic rings. The van der Waals surface area contributed by atoms with Crippen LogP contribution in [0.2, 0.25) is 15.1 Å². The van der Waals surface area contributed by atoms with Crippen LogP contribution in [0.4, 0.5) is 0 Å². The number of hydrogen-bond donors (Lipinski definition) is 1. The summed E-state index contributed by atoms with van der Waals surface area (Å²) in [5.41, 5.74) is 5.59. The fraction of sp³-hybridized carbons (Fsp3) is 0.154. The number of ether oxygens (including phenoxy) is 1. The molecule has 0 saturated carbocycles. The topological polar surface area (TPSA) is 81.4 Å². The highest BCUT2D eigenvalue weighted by Crippen LogP contribution is 2.29. The van der Waals surface area contributed by atoms with Crippen molar-refractivity contribution in [1.29, 1.82) is 0 Å². The number of carbonyl (C=O) groups excluding carboxylic acids is 1. The number of nitrogens with zero attached hydrogens (tertiary/aromatic N) is 4. The SMILES string of the molecule is CCOc1ccc(-n2c(SCC(=O)N/N=C(\C)c3ccc(Cl)c(Cl)c3)nnc2-c2ccc(Cl)cc2)cc1. The first-order valence-corrected chi connectivity index (χ1v) is 13.3. The zero-order valence-electron chi connectivity index (χ0n) is 19.9. The number of carbonyl (C=O) groups is 1. The van der Waals surface area contributed by atoms with Crippen LogP contribution in [0.1, 0.15) is 19.4 Å². The number of aromatic nitrogens is 3. The van der Waals surface area contributed by atoms with Gasteiger partial charge >= 0.3 is 0 Å². The smallest absolute Gasteiger partial charge is 0.250 e. The normalized spacial score (nSPS) is 11.4. The van der Waals surface area contributed by atoms with Crippen molar-refractivity contribution in [3.63, 3.8) is 0 Å². The summed E-state index contributed by atoms with van der Waals surface area (Å²) in [6.45, 7) is 4.28. The summed E-state index contributed by atoms with van der Waals surface area (Å²) >= 11 is 19.4. The zero-order chi connectivity index (χ0) is 26.4. The van der Waals surface area contributed by atoms with Crippen LogP contribution in [0.25, 0.3) is 17.1 Å². The second kappa shape index (κ2) is 12.5. The third kappa shape index (κ3) is 6.84. The van der Waals surface area contributed by atoms with Gasteiger partial charge in [-0.25, -0.2) is 5.43 Å². The molecule has 7 nitrogen and oxygen atoms in total. The van der Waals surface area contributed by atoms with Gasteiger partial charge in [0.25, 0.3) is 5.91 Å². The van der Waals surface area contributed by atoms with E-state index in [4.69, 9.17) is 39.5 Å². The maximum absolute atomic E-state index is 12.6. The molecule has 4 aromatic rings. The number of hydrogen-bond acceptors (Lipinski definition) is 6. The van der Waals surface area contributed by atoms with Crippen molar-refractivity contribution in [2.45, 2.75) is 19.0 Å². The Labute approximate surface area is 233 Å². The van der Waals surface area contributed by atoms with E-state index < -0.39 is 0 Å². The Hall–Kier alpha value is -3.04. The number of nitrogens with one attached hydrogen (secondary N) is 1. The first-order valence-electron chi connectivity index (χ1n) is 11.2. The molecule has 3 aromatic carbocycles. The van der Waals surface area contributed by atoms with Crippen LogP contribution in [0, 0.1) is 0 Å². The van der Waals surface area contributed by atoms with E-state index in [2.05, 4.69) is 20.7 Å². The lowest BCUT2D eigenvalue weighted by Crippen LogP contribution is -2.21. The third-order valence-electron chi connectivity index (χ3n) is 5.16. The summed E-state index contributed by atoms with van der Waals surface area (Å²) in [5, 5.41) is 15.0. The molecular weight excluding hydrogens is 553 g/mol. The number of benzene rings is 3. The molecule has 0 bridgehead atoms. The molecule has 1 heterocycles. The first kappa shape index (κ1) is 27.0. The van der Waals surface area contributed by atoms with Crippen LogP contribution in [-0.2, 0) is 4.79 Å². The molecule has 0 fully saturated rings. The highest BCUT2D eigenvalue weighted by atomic mass is 35.5. The number of amides is 1. The average Bonchev–Trinajstić information content (AvgIpc) is 3.32. The summed E-state index contributed by atoms with van der Waals surface area (Å²) in [6, 6.07) is 20.1. The molecule has 0 saturated heterocycles. The van der Waals surface area contributed by atoms with E-state index in [9.17, 15) is 4.79 Å². The van der Waals surface area contributed by atoms with E-state index in [0.717, 1.165) is 22.6 Å². The Bertz CT molecular complexity index is 1420. The molecule has 1 N–H and O–H groups in total. The lowest BCUT2D eigenvalue weighted by Gasteiger charge is -2.11. The van der Waals surface area contributed by atoms with Gasteiger partial charge in [0, 0.05) is 16.3 Å². The minimum absolute atomic E-state index is 0.0773. The van der Waals surface area contributed by atoms with Gasteiger partial charge in [-0.15, -0.1) is 10.2 Å². The molecule has 1 aromatic heterocycles. The molecule has 11 heteroatoms. The Kier molecular flexibility index (Phi) is 9.10. The van der Waals surface area contributed by atoms with Gasteiger partial charge in [-0.1, -0.05) is 52.6 Å². The maximum Gasteiger partial charge on any atom is 0.250 e. The summed E-state index contributed by atoms with van der Waals surface area (Å²) < 4.78 is 7.46. The van der Waals surface area contributed by atoms with Crippen molar-refractivity contribution in [3.05, 3.63) is 87.4 Å². The van der Waals surface area contributed by atoms with E-state index in [0.29, 0.717) is 38.4 Å². The largest absolute Gasteiger partial charge is 0.494 e. The minimum Gasteiger partial charge on any atom is -0.494 e.